The van der Waals surface area contributed by atoms with Crippen molar-refractivity contribution < 1.29 is 0 Å². The van der Waals surface area contributed by atoms with Gasteiger partial charge in [-0.3, -0.25) is 0 Å². The summed E-state index contributed by atoms with van der Waals surface area (Å²) in [4.78, 5) is 1.31. The third-order valence-electron chi connectivity index (χ3n) is 3.54. The minimum atomic E-state index is 0.347. The molecule has 112 valence electrons. The van der Waals surface area contributed by atoms with Crippen LogP contribution in [-0.2, 0) is 0 Å². The van der Waals surface area contributed by atoms with E-state index >= 15 is 0 Å². The summed E-state index contributed by atoms with van der Waals surface area (Å²) >= 11 is 5.45. The van der Waals surface area contributed by atoms with E-state index in [0.717, 1.165) is 4.47 Å². The summed E-state index contributed by atoms with van der Waals surface area (Å²) in [5, 5.41) is 3.99. The number of halogens is 1. The summed E-state index contributed by atoms with van der Waals surface area (Å²) in [5.41, 5.74) is 1.35. The largest absolute Gasteiger partial charge is 0.312 e. The summed E-state index contributed by atoms with van der Waals surface area (Å²) < 4.78 is 1.13. The van der Waals surface area contributed by atoms with Gasteiger partial charge in [0.25, 0.3) is 0 Å². The van der Waals surface area contributed by atoms with E-state index in [-0.39, 0.29) is 0 Å². The van der Waals surface area contributed by atoms with Crippen molar-refractivity contribution >= 4 is 27.7 Å². The van der Waals surface area contributed by atoms with Crippen LogP contribution in [0.5, 0.6) is 0 Å². The molecule has 1 N–H and O–H groups in total. The number of hydrogen-bond donors (Lipinski definition) is 1. The van der Waals surface area contributed by atoms with Gasteiger partial charge in [0.1, 0.15) is 0 Å². The summed E-state index contributed by atoms with van der Waals surface area (Å²) in [6.45, 7) is 4.59. The molecule has 21 heavy (non-hydrogen) atoms. The van der Waals surface area contributed by atoms with Crippen LogP contribution in [0.1, 0.15) is 25.5 Å². The van der Waals surface area contributed by atoms with E-state index in [4.69, 9.17) is 0 Å². The van der Waals surface area contributed by atoms with Crippen LogP contribution < -0.4 is 5.32 Å². The van der Waals surface area contributed by atoms with E-state index in [2.05, 4.69) is 96.7 Å². The summed E-state index contributed by atoms with van der Waals surface area (Å²) in [6, 6.07) is 19.6. The van der Waals surface area contributed by atoms with Crippen LogP contribution in [0.25, 0.3) is 0 Å². The van der Waals surface area contributed by atoms with Gasteiger partial charge in [-0.25, -0.2) is 0 Å². The maximum absolute atomic E-state index is 3.50. The smallest absolute Gasteiger partial charge is 0.0444 e. The molecule has 0 spiro atoms. The highest BCUT2D eigenvalue weighted by Gasteiger charge is 2.25. The van der Waals surface area contributed by atoms with Gasteiger partial charge in [0.15, 0.2) is 0 Å². The van der Waals surface area contributed by atoms with Gasteiger partial charge in [0.05, 0.1) is 0 Å². The quantitative estimate of drug-likeness (QED) is 0.677. The topological polar surface area (TPSA) is 12.0 Å². The van der Waals surface area contributed by atoms with Crippen LogP contribution in [0.2, 0.25) is 0 Å². The van der Waals surface area contributed by atoms with Gasteiger partial charge >= 0.3 is 0 Å². The number of rotatable bonds is 6. The zero-order valence-corrected chi connectivity index (χ0v) is 15.1. The Balaban J connectivity index is 2.22. The molecule has 2 atom stereocenters. The molecule has 3 heteroatoms. The summed E-state index contributed by atoms with van der Waals surface area (Å²) in [7, 11) is 2.05. The molecular formula is C18H22BrNS. The standard InChI is InChI=1S/C18H22BrNS/c1-13(2)18(21-16-11-9-15(19)10-12-16)17(20-3)14-7-5-4-6-8-14/h4-13,17-18,20H,1-3H3. The van der Waals surface area contributed by atoms with E-state index in [0.29, 0.717) is 17.2 Å². The van der Waals surface area contributed by atoms with Crippen LogP contribution in [-0.4, -0.2) is 12.3 Å². The lowest BCUT2D eigenvalue weighted by atomic mass is 9.96. The lowest BCUT2D eigenvalue weighted by molar-refractivity contribution is 0.472. The Morgan fingerprint density at radius 2 is 1.57 bits per heavy atom. The molecule has 0 radical (unpaired) electrons. The second-order valence-electron chi connectivity index (χ2n) is 5.46. The lowest BCUT2D eigenvalue weighted by Crippen LogP contribution is -2.31. The summed E-state index contributed by atoms with van der Waals surface area (Å²) in [5.74, 6) is 0.580. The fraction of sp³-hybridized carbons (Fsp3) is 0.333. The van der Waals surface area contributed by atoms with E-state index in [9.17, 15) is 0 Å². The molecule has 1 nitrogen and oxygen atoms in total. The summed E-state index contributed by atoms with van der Waals surface area (Å²) in [6.07, 6.45) is 0. The third kappa shape index (κ3) is 4.60. The molecule has 0 heterocycles. The first-order chi connectivity index (χ1) is 10.1. The maximum atomic E-state index is 3.50. The van der Waals surface area contributed by atoms with Crippen molar-refractivity contribution in [3.8, 4) is 0 Å². The Morgan fingerprint density at radius 3 is 2.10 bits per heavy atom. The van der Waals surface area contributed by atoms with Crippen molar-refractivity contribution in [3.05, 3.63) is 64.6 Å². The van der Waals surface area contributed by atoms with Gasteiger partial charge in [0, 0.05) is 20.7 Å². The zero-order valence-electron chi connectivity index (χ0n) is 12.7. The normalized spacial score (nSPS) is 14.1. The van der Waals surface area contributed by atoms with Gasteiger partial charge in [0.2, 0.25) is 0 Å². The van der Waals surface area contributed by atoms with Crippen molar-refractivity contribution in [2.24, 2.45) is 5.92 Å². The molecule has 0 bridgehead atoms. The van der Waals surface area contributed by atoms with Crippen molar-refractivity contribution in [3.63, 3.8) is 0 Å². The Hall–Kier alpha value is -0.770. The van der Waals surface area contributed by atoms with Crippen molar-refractivity contribution in [1.29, 1.82) is 0 Å². The first kappa shape index (κ1) is 16.6. The number of nitrogens with one attached hydrogen (secondary N) is 1. The fourth-order valence-electron chi connectivity index (χ4n) is 2.44. The van der Waals surface area contributed by atoms with Gasteiger partial charge in [-0.2, -0.15) is 0 Å². The lowest BCUT2D eigenvalue weighted by Gasteiger charge is -2.30. The van der Waals surface area contributed by atoms with Crippen molar-refractivity contribution in [2.45, 2.75) is 30.0 Å². The molecule has 0 aliphatic carbocycles. The maximum Gasteiger partial charge on any atom is 0.0444 e. The molecule has 0 aliphatic heterocycles. The highest BCUT2D eigenvalue weighted by atomic mass is 79.9. The highest BCUT2D eigenvalue weighted by molar-refractivity contribution is 9.10. The highest BCUT2D eigenvalue weighted by Crippen LogP contribution is 2.37. The molecule has 0 saturated carbocycles. The zero-order chi connectivity index (χ0) is 15.2. The van der Waals surface area contributed by atoms with Crippen LogP contribution in [0.4, 0.5) is 0 Å². The first-order valence-corrected chi connectivity index (χ1v) is 8.93. The van der Waals surface area contributed by atoms with E-state index in [1.165, 1.54) is 10.5 Å². The Bertz CT molecular complexity index is 539. The molecule has 2 unspecified atom stereocenters. The molecule has 0 aliphatic rings. The van der Waals surface area contributed by atoms with Crippen molar-refractivity contribution in [2.75, 3.05) is 7.05 Å². The molecule has 2 aromatic carbocycles. The average molecular weight is 364 g/mol. The molecule has 0 fully saturated rings. The molecule has 0 amide bonds. The number of hydrogen-bond acceptors (Lipinski definition) is 2. The Labute approximate surface area is 140 Å². The second-order valence-corrected chi connectivity index (χ2v) is 7.62. The molecule has 2 aromatic rings. The van der Waals surface area contributed by atoms with Crippen LogP contribution in [0.15, 0.2) is 64.0 Å². The molecule has 0 aromatic heterocycles. The van der Waals surface area contributed by atoms with Gasteiger partial charge in [-0.15, -0.1) is 11.8 Å². The van der Waals surface area contributed by atoms with Gasteiger partial charge in [-0.1, -0.05) is 60.1 Å². The average Bonchev–Trinajstić information content (AvgIpc) is 2.50. The Morgan fingerprint density at radius 1 is 0.952 bits per heavy atom. The second kappa shape index (κ2) is 8.02. The predicted octanol–water partition coefficient (Wildman–Crippen LogP) is 5.53. The van der Waals surface area contributed by atoms with Crippen LogP contribution in [0, 0.1) is 5.92 Å². The van der Waals surface area contributed by atoms with Crippen LogP contribution >= 0.6 is 27.7 Å². The predicted molar refractivity (Wildman–Crippen MR) is 96.9 cm³/mol. The number of thioether (sulfide) groups is 1. The minimum absolute atomic E-state index is 0.347. The third-order valence-corrected chi connectivity index (χ3v) is 5.70. The van der Waals surface area contributed by atoms with Gasteiger partial charge in [-0.05, 0) is 42.8 Å². The van der Waals surface area contributed by atoms with E-state index in [1.54, 1.807) is 0 Å². The monoisotopic (exact) mass is 363 g/mol. The SMILES string of the molecule is CNC(c1ccccc1)C(Sc1ccc(Br)cc1)C(C)C. The minimum Gasteiger partial charge on any atom is -0.312 e. The van der Waals surface area contributed by atoms with Crippen LogP contribution in [0.3, 0.4) is 0 Å². The van der Waals surface area contributed by atoms with E-state index < -0.39 is 0 Å². The fourth-order valence-corrected chi connectivity index (χ4v) is 4.01. The first-order valence-electron chi connectivity index (χ1n) is 7.26. The molecule has 2 rings (SSSR count). The molecule has 0 saturated heterocycles. The number of benzene rings is 2. The van der Waals surface area contributed by atoms with Crippen molar-refractivity contribution in [1.82, 2.24) is 5.32 Å². The van der Waals surface area contributed by atoms with Gasteiger partial charge < -0.3 is 5.32 Å². The Kier molecular flexibility index (Phi) is 6.34. The van der Waals surface area contributed by atoms with E-state index in [1.807, 2.05) is 11.8 Å². The molecular weight excluding hydrogens is 342 g/mol.